The maximum Gasteiger partial charge on any atom is 0.425 e. The average Bonchev–Trinajstić information content (AvgIpc) is 1.87. The molecule has 0 aliphatic heterocycles. The largest absolute Gasteiger partial charge is 0.425 e. The first-order chi connectivity index (χ1) is 5.50. The van der Waals surface area contributed by atoms with Gasteiger partial charge in [-0.15, -0.1) is 0 Å². The molecule has 0 aliphatic rings. The minimum atomic E-state index is -5.69. The van der Waals surface area contributed by atoms with Gasteiger partial charge in [-0.25, -0.2) is 0 Å². The first kappa shape index (κ1) is 19.7. The smallest absolute Gasteiger partial charge is 0.374 e. The Labute approximate surface area is 90.2 Å². The fraction of sp³-hybridized carbons (Fsp3) is 0.833. The molecular formula is C6H9F6OZn-. The SMILES string of the molecule is CC(O)(C(F)(F)F)C(F)(F)F.[CH2-]C.[Zn]. The van der Waals surface area contributed by atoms with Gasteiger partial charge < -0.3 is 12.0 Å². The molecule has 0 unspecified atom stereocenters. The number of halogens is 6. The summed E-state index contributed by atoms with van der Waals surface area (Å²) in [6.07, 6.45) is -11.4. The molecular weight excluding hydrogens is 267 g/mol. The van der Waals surface area contributed by atoms with Crippen molar-refractivity contribution < 1.29 is 50.9 Å². The van der Waals surface area contributed by atoms with Gasteiger partial charge in [-0.1, -0.05) is 0 Å². The summed E-state index contributed by atoms with van der Waals surface area (Å²) in [7, 11) is 0. The van der Waals surface area contributed by atoms with Crippen LogP contribution in [0, 0.1) is 6.92 Å². The van der Waals surface area contributed by atoms with E-state index in [1.807, 2.05) is 0 Å². The second-order valence-corrected chi connectivity index (χ2v) is 2.07. The molecule has 0 rings (SSSR count). The van der Waals surface area contributed by atoms with Gasteiger partial charge in [0.05, 0.1) is 0 Å². The van der Waals surface area contributed by atoms with Crippen LogP contribution in [0.15, 0.2) is 0 Å². The van der Waals surface area contributed by atoms with Crippen LogP contribution in [0.5, 0.6) is 0 Å². The van der Waals surface area contributed by atoms with E-state index >= 15 is 0 Å². The predicted octanol–water partition coefficient (Wildman–Crippen LogP) is 2.70. The molecule has 0 saturated heterocycles. The minimum absolute atomic E-state index is 0. The zero-order valence-corrected chi connectivity index (χ0v) is 10.6. The maximum atomic E-state index is 11.4. The second kappa shape index (κ2) is 5.90. The summed E-state index contributed by atoms with van der Waals surface area (Å²) < 4.78 is 68.2. The number of alkyl halides is 6. The fourth-order valence-corrected chi connectivity index (χ4v) is 0.161. The van der Waals surface area contributed by atoms with Crippen LogP contribution in [0.3, 0.4) is 0 Å². The Bertz CT molecular complexity index is 133. The molecule has 0 bridgehead atoms. The number of rotatable bonds is 0. The van der Waals surface area contributed by atoms with E-state index < -0.39 is 18.0 Å². The molecule has 0 spiro atoms. The molecule has 8 heteroatoms. The summed E-state index contributed by atoms with van der Waals surface area (Å²) in [6.45, 7) is 4.66. The Hall–Kier alpha value is 0.163. The van der Waals surface area contributed by atoms with E-state index in [1.54, 1.807) is 6.92 Å². The van der Waals surface area contributed by atoms with E-state index in [9.17, 15) is 26.3 Å². The molecule has 1 nitrogen and oxygen atoms in total. The Kier molecular flexibility index (Phi) is 8.30. The summed E-state index contributed by atoms with van der Waals surface area (Å²) in [4.78, 5) is 0. The molecule has 0 amide bonds. The van der Waals surface area contributed by atoms with Crippen LogP contribution < -0.4 is 0 Å². The van der Waals surface area contributed by atoms with Gasteiger partial charge >= 0.3 is 12.4 Å². The number of aliphatic hydroxyl groups is 1. The maximum absolute atomic E-state index is 11.4. The molecule has 0 fully saturated rings. The zero-order valence-electron chi connectivity index (χ0n) is 7.63. The van der Waals surface area contributed by atoms with Crippen molar-refractivity contribution in [2.75, 3.05) is 0 Å². The molecule has 0 atom stereocenters. The fourth-order valence-electron chi connectivity index (χ4n) is 0.161. The van der Waals surface area contributed by atoms with Crippen LogP contribution >= 0.6 is 0 Å². The molecule has 0 aliphatic carbocycles. The normalized spacial score (nSPS) is 12.4. The minimum Gasteiger partial charge on any atom is -0.374 e. The molecule has 0 aromatic heterocycles. The third kappa shape index (κ3) is 4.59. The summed E-state index contributed by atoms with van der Waals surface area (Å²) in [6, 6.07) is 0. The van der Waals surface area contributed by atoms with Gasteiger partial charge in [0.1, 0.15) is 0 Å². The Morgan fingerprint density at radius 2 is 1.00 bits per heavy atom. The number of hydrogen-bond acceptors (Lipinski definition) is 1. The van der Waals surface area contributed by atoms with Crippen LogP contribution in [0.25, 0.3) is 0 Å². The second-order valence-electron chi connectivity index (χ2n) is 2.07. The van der Waals surface area contributed by atoms with E-state index in [2.05, 4.69) is 6.92 Å². The van der Waals surface area contributed by atoms with Gasteiger partial charge in [0.2, 0.25) is 0 Å². The van der Waals surface area contributed by atoms with Crippen LogP contribution in [0.4, 0.5) is 26.3 Å². The zero-order chi connectivity index (χ0) is 11.5. The summed E-state index contributed by atoms with van der Waals surface area (Å²) in [5.74, 6) is 0. The molecule has 84 valence electrons. The average molecular weight is 277 g/mol. The van der Waals surface area contributed by atoms with Crippen LogP contribution in [-0.2, 0) is 19.5 Å². The van der Waals surface area contributed by atoms with Gasteiger partial charge in [-0.05, 0) is 6.92 Å². The topological polar surface area (TPSA) is 20.2 Å². The summed E-state index contributed by atoms with van der Waals surface area (Å²) >= 11 is 0. The molecule has 0 saturated carbocycles. The van der Waals surface area contributed by atoms with Crippen molar-refractivity contribution in [2.45, 2.75) is 31.8 Å². The Balaban J connectivity index is -0.000000376. The summed E-state index contributed by atoms with van der Waals surface area (Å²) in [5.41, 5.74) is -4.62. The molecule has 0 aromatic carbocycles. The molecule has 0 aromatic rings. The Morgan fingerprint density at radius 3 is 1.00 bits per heavy atom. The Morgan fingerprint density at radius 1 is 0.857 bits per heavy atom. The van der Waals surface area contributed by atoms with E-state index in [1.165, 1.54) is 0 Å². The van der Waals surface area contributed by atoms with Crippen LogP contribution in [-0.4, -0.2) is 23.1 Å². The summed E-state index contributed by atoms with van der Waals surface area (Å²) in [5, 5.41) is 7.94. The first-order valence-electron chi connectivity index (χ1n) is 3.06. The van der Waals surface area contributed by atoms with Crippen LogP contribution in [0.2, 0.25) is 0 Å². The molecule has 1 N–H and O–H groups in total. The molecule has 0 heterocycles. The van der Waals surface area contributed by atoms with Crippen molar-refractivity contribution in [2.24, 2.45) is 0 Å². The quantitative estimate of drug-likeness (QED) is 0.410. The van der Waals surface area contributed by atoms with Crippen molar-refractivity contribution >= 4 is 0 Å². The van der Waals surface area contributed by atoms with Crippen molar-refractivity contribution in [3.63, 3.8) is 0 Å². The van der Waals surface area contributed by atoms with Crippen molar-refractivity contribution in [1.29, 1.82) is 0 Å². The van der Waals surface area contributed by atoms with E-state index in [4.69, 9.17) is 5.11 Å². The third-order valence-corrected chi connectivity index (χ3v) is 1.10. The van der Waals surface area contributed by atoms with Gasteiger partial charge in [0, 0.05) is 19.5 Å². The van der Waals surface area contributed by atoms with Crippen LogP contribution in [0.1, 0.15) is 13.8 Å². The van der Waals surface area contributed by atoms with Crippen molar-refractivity contribution in [3.8, 4) is 0 Å². The monoisotopic (exact) mass is 275 g/mol. The van der Waals surface area contributed by atoms with Gasteiger partial charge in [-0.2, -0.15) is 33.3 Å². The molecule has 14 heavy (non-hydrogen) atoms. The molecule has 0 radical (unpaired) electrons. The standard InChI is InChI=1S/C4H4F6O.C2H5.Zn/c1-2(11,3(5,6)7)4(8,9)10;1-2;/h11H,1H3;1H2,2H3;/q;-1;. The van der Waals surface area contributed by atoms with Gasteiger partial charge in [0.15, 0.2) is 0 Å². The van der Waals surface area contributed by atoms with Crippen molar-refractivity contribution in [1.82, 2.24) is 0 Å². The number of hydrogen-bond donors (Lipinski definition) is 1. The van der Waals surface area contributed by atoms with E-state index in [0.29, 0.717) is 0 Å². The van der Waals surface area contributed by atoms with E-state index in [-0.39, 0.29) is 26.4 Å². The van der Waals surface area contributed by atoms with Gasteiger partial charge in [0.25, 0.3) is 5.60 Å². The van der Waals surface area contributed by atoms with Gasteiger partial charge in [-0.3, -0.25) is 0 Å². The first-order valence-corrected chi connectivity index (χ1v) is 3.06. The predicted molar refractivity (Wildman–Crippen MR) is 33.8 cm³/mol. The van der Waals surface area contributed by atoms with Crippen molar-refractivity contribution in [3.05, 3.63) is 6.92 Å². The van der Waals surface area contributed by atoms with E-state index in [0.717, 1.165) is 0 Å². The third-order valence-electron chi connectivity index (χ3n) is 1.10.